The van der Waals surface area contributed by atoms with Crippen LogP contribution in [0.15, 0.2) is 30.3 Å². The molecule has 10 heteroatoms. The summed E-state index contributed by atoms with van der Waals surface area (Å²) in [5.74, 6) is -0.634. The van der Waals surface area contributed by atoms with E-state index in [4.69, 9.17) is 38.7 Å². The molecule has 0 saturated carbocycles. The molecule has 0 spiro atoms. The van der Waals surface area contributed by atoms with Gasteiger partial charge < -0.3 is 39.5 Å². The smallest absolute Gasteiger partial charge is 0.414 e. The van der Waals surface area contributed by atoms with E-state index in [0.29, 0.717) is 11.5 Å². The number of carboxylic acid groups (broad SMARTS) is 2. The highest BCUT2D eigenvalue weighted by Crippen LogP contribution is 2.41. The quantitative estimate of drug-likeness (QED) is 0.311. The van der Waals surface area contributed by atoms with Crippen LogP contribution in [0, 0.1) is 6.92 Å². The first-order chi connectivity index (χ1) is 15.8. The van der Waals surface area contributed by atoms with Gasteiger partial charge in [0.15, 0.2) is 11.5 Å². The predicted octanol–water partition coefficient (Wildman–Crippen LogP) is 2.71. The lowest BCUT2D eigenvalue weighted by Crippen LogP contribution is -2.17. The molecule has 4 rings (SSSR count). The molecule has 2 heterocycles. The van der Waals surface area contributed by atoms with Crippen molar-refractivity contribution in [3.05, 3.63) is 47.2 Å². The van der Waals surface area contributed by atoms with Crippen LogP contribution in [-0.4, -0.2) is 54.7 Å². The summed E-state index contributed by atoms with van der Waals surface area (Å²) in [4.78, 5) is 21.6. The number of H-pyrrole nitrogens is 1. The molecule has 33 heavy (non-hydrogen) atoms. The topological polar surface area (TPSA) is 139 Å². The van der Waals surface area contributed by atoms with Crippen LogP contribution in [0.3, 0.4) is 0 Å². The van der Waals surface area contributed by atoms with Gasteiger partial charge in [-0.25, -0.2) is 9.59 Å². The van der Waals surface area contributed by atoms with Gasteiger partial charge in [-0.2, -0.15) is 0 Å². The fourth-order valence-corrected chi connectivity index (χ4v) is 3.54. The number of aromatic nitrogens is 1. The Balaban J connectivity index is 0.000000454. The third-order valence-electron chi connectivity index (χ3n) is 5.11. The summed E-state index contributed by atoms with van der Waals surface area (Å²) in [5, 5.41) is 19.5. The summed E-state index contributed by atoms with van der Waals surface area (Å²) in [6.07, 6.45) is 0.931. The zero-order valence-electron chi connectivity index (χ0n) is 18.6. The minimum Gasteiger partial charge on any atom is -0.497 e. The summed E-state index contributed by atoms with van der Waals surface area (Å²) in [5.41, 5.74) is 4.77. The van der Waals surface area contributed by atoms with Crippen LogP contribution >= 0.6 is 0 Å². The van der Waals surface area contributed by atoms with E-state index < -0.39 is 11.9 Å². The summed E-state index contributed by atoms with van der Waals surface area (Å²) in [6.45, 7) is 3.95. The van der Waals surface area contributed by atoms with Crippen LogP contribution in [0.25, 0.3) is 10.9 Å². The number of hydrogen-bond acceptors (Lipinski definition) is 7. The zero-order chi connectivity index (χ0) is 24.0. The number of nitrogens with one attached hydrogen (secondary N) is 2. The van der Waals surface area contributed by atoms with Crippen molar-refractivity contribution in [3.63, 3.8) is 0 Å². The fourth-order valence-electron chi connectivity index (χ4n) is 3.54. The minimum absolute atomic E-state index is 0.242. The Labute approximate surface area is 190 Å². The van der Waals surface area contributed by atoms with Crippen molar-refractivity contribution in [1.82, 2.24) is 10.3 Å². The van der Waals surface area contributed by atoms with E-state index in [1.54, 1.807) is 14.2 Å². The van der Waals surface area contributed by atoms with Gasteiger partial charge in [-0.05, 0) is 61.3 Å². The summed E-state index contributed by atoms with van der Waals surface area (Å²) in [6, 6.07) is 10.1. The Kier molecular flexibility index (Phi) is 7.62. The molecule has 0 bridgehead atoms. The van der Waals surface area contributed by atoms with Crippen LogP contribution in [0.4, 0.5) is 0 Å². The van der Waals surface area contributed by atoms with Crippen LogP contribution in [0.1, 0.15) is 16.8 Å². The Morgan fingerprint density at radius 3 is 2.52 bits per heavy atom. The standard InChI is InChI=1S/C21H24N2O4.C2H2O4/c1-13-16(17-10-15(24-2)4-5-18(17)23-13)6-7-22-11-14-8-19(25-3)21-20(9-14)26-12-27-21;3-1(4)2(5)6/h4-5,8-10,22-23H,6-7,11-12H2,1-3H3;(H,3,4)(H,5,6). The Morgan fingerprint density at radius 1 is 1.09 bits per heavy atom. The van der Waals surface area contributed by atoms with Crippen molar-refractivity contribution in [2.75, 3.05) is 27.6 Å². The molecular weight excluding hydrogens is 432 g/mol. The van der Waals surface area contributed by atoms with Crippen LogP contribution in [-0.2, 0) is 22.6 Å². The number of rotatable bonds is 7. The fraction of sp³-hybridized carbons (Fsp3) is 0.304. The molecule has 0 radical (unpaired) electrons. The predicted molar refractivity (Wildman–Crippen MR) is 119 cm³/mol. The van der Waals surface area contributed by atoms with Gasteiger partial charge in [0.25, 0.3) is 0 Å². The lowest BCUT2D eigenvalue weighted by molar-refractivity contribution is -0.159. The third kappa shape index (κ3) is 5.66. The second kappa shape index (κ2) is 10.6. The van der Waals surface area contributed by atoms with Crippen LogP contribution in [0.5, 0.6) is 23.0 Å². The summed E-state index contributed by atoms with van der Waals surface area (Å²) < 4.78 is 21.7. The number of aliphatic carboxylic acids is 2. The van der Waals surface area contributed by atoms with Crippen molar-refractivity contribution in [2.24, 2.45) is 0 Å². The Bertz CT molecular complexity index is 1140. The number of aromatic amines is 1. The molecule has 0 fully saturated rings. The molecule has 1 aromatic heterocycles. The molecule has 0 unspecified atom stereocenters. The minimum atomic E-state index is -1.82. The number of ether oxygens (including phenoxy) is 4. The van der Waals surface area contributed by atoms with Gasteiger partial charge in [-0.3, -0.25) is 0 Å². The maximum atomic E-state index is 9.10. The average molecular weight is 458 g/mol. The van der Waals surface area contributed by atoms with Gasteiger partial charge in [0.2, 0.25) is 12.5 Å². The van der Waals surface area contributed by atoms with Gasteiger partial charge in [0, 0.05) is 23.1 Å². The first-order valence-electron chi connectivity index (χ1n) is 10.1. The van der Waals surface area contributed by atoms with E-state index in [-0.39, 0.29) is 6.79 Å². The van der Waals surface area contributed by atoms with Crippen molar-refractivity contribution in [3.8, 4) is 23.0 Å². The van der Waals surface area contributed by atoms with Gasteiger partial charge in [-0.15, -0.1) is 0 Å². The van der Waals surface area contributed by atoms with Crippen molar-refractivity contribution < 1.29 is 38.7 Å². The van der Waals surface area contributed by atoms with E-state index >= 15 is 0 Å². The maximum absolute atomic E-state index is 9.10. The van der Waals surface area contributed by atoms with E-state index in [0.717, 1.165) is 42.1 Å². The lowest BCUT2D eigenvalue weighted by atomic mass is 10.1. The maximum Gasteiger partial charge on any atom is 0.414 e. The highest BCUT2D eigenvalue weighted by atomic mass is 16.7. The second-order valence-electron chi connectivity index (χ2n) is 7.21. The van der Waals surface area contributed by atoms with E-state index in [1.165, 1.54) is 16.6 Å². The molecule has 2 aromatic carbocycles. The Morgan fingerprint density at radius 2 is 1.85 bits per heavy atom. The number of carbonyl (C=O) groups is 2. The molecule has 0 saturated heterocycles. The molecule has 0 amide bonds. The van der Waals surface area contributed by atoms with Gasteiger partial charge in [0.05, 0.1) is 14.2 Å². The summed E-state index contributed by atoms with van der Waals surface area (Å²) >= 11 is 0. The molecule has 3 aromatic rings. The molecule has 0 aliphatic carbocycles. The van der Waals surface area contributed by atoms with Crippen molar-refractivity contribution in [2.45, 2.75) is 19.9 Å². The van der Waals surface area contributed by atoms with E-state index in [9.17, 15) is 0 Å². The van der Waals surface area contributed by atoms with Crippen molar-refractivity contribution in [1.29, 1.82) is 0 Å². The number of hydrogen-bond donors (Lipinski definition) is 4. The first kappa shape index (κ1) is 23.7. The first-order valence-corrected chi connectivity index (χ1v) is 10.1. The zero-order valence-corrected chi connectivity index (χ0v) is 18.6. The third-order valence-corrected chi connectivity index (χ3v) is 5.11. The van der Waals surface area contributed by atoms with E-state index in [2.05, 4.69) is 29.4 Å². The molecule has 4 N–H and O–H groups in total. The average Bonchev–Trinajstić information content (AvgIpc) is 3.39. The molecule has 176 valence electrons. The second-order valence-corrected chi connectivity index (χ2v) is 7.21. The lowest BCUT2D eigenvalue weighted by Gasteiger charge is -2.10. The number of carboxylic acids is 2. The summed E-state index contributed by atoms with van der Waals surface area (Å²) in [7, 11) is 3.34. The van der Waals surface area contributed by atoms with E-state index in [1.807, 2.05) is 18.2 Å². The molecule has 1 aliphatic heterocycles. The molecule has 1 aliphatic rings. The number of benzene rings is 2. The number of aryl methyl sites for hydroxylation is 1. The highest BCUT2D eigenvalue weighted by Gasteiger charge is 2.20. The van der Waals surface area contributed by atoms with Crippen molar-refractivity contribution >= 4 is 22.8 Å². The molecule has 10 nitrogen and oxygen atoms in total. The molecule has 0 atom stereocenters. The van der Waals surface area contributed by atoms with Gasteiger partial charge in [0.1, 0.15) is 5.75 Å². The largest absolute Gasteiger partial charge is 0.497 e. The highest BCUT2D eigenvalue weighted by molar-refractivity contribution is 6.27. The normalized spacial score (nSPS) is 11.6. The van der Waals surface area contributed by atoms with Crippen LogP contribution in [0.2, 0.25) is 0 Å². The van der Waals surface area contributed by atoms with Gasteiger partial charge >= 0.3 is 11.9 Å². The van der Waals surface area contributed by atoms with Crippen LogP contribution < -0.4 is 24.3 Å². The number of methoxy groups -OCH3 is 2. The van der Waals surface area contributed by atoms with Gasteiger partial charge in [-0.1, -0.05) is 0 Å². The number of fused-ring (bicyclic) bond motifs is 2. The SMILES string of the molecule is COc1ccc2[nH]c(C)c(CCNCc3cc(OC)c4c(c3)OCO4)c2c1.O=C(O)C(=O)O. The Hall–Kier alpha value is -3.92. The monoisotopic (exact) mass is 458 g/mol. The molecular formula is C23H26N2O8.